The molecule has 2 aromatic carbocycles. The van der Waals surface area contributed by atoms with Crippen LogP contribution in [0.5, 0.6) is 5.75 Å². The monoisotopic (exact) mass is 538 g/mol. The molecule has 0 radical (unpaired) electrons. The number of hydrogen-bond acceptors (Lipinski definition) is 7. The number of ether oxygens (including phenoxy) is 1. The molecule has 0 bridgehead atoms. The van der Waals surface area contributed by atoms with Crippen molar-refractivity contribution in [1.82, 2.24) is 13.9 Å². The lowest BCUT2D eigenvalue weighted by Gasteiger charge is -2.35. The average molecular weight is 539 g/mol. The van der Waals surface area contributed by atoms with Gasteiger partial charge in [0.1, 0.15) is 5.75 Å². The van der Waals surface area contributed by atoms with Crippen LogP contribution in [-0.4, -0.2) is 90.0 Å². The van der Waals surface area contributed by atoms with Gasteiger partial charge in [-0.2, -0.15) is 8.61 Å². The summed E-state index contributed by atoms with van der Waals surface area (Å²) < 4.78 is 58.7. The molecule has 0 atom stereocenters. The molecule has 1 fully saturated rings. The zero-order valence-electron chi connectivity index (χ0n) is 20.9. The van der Waals surface area contributed by atoms with E-state index in [2.05, 4.69) is 10.2 Å². The fraction of sp³-hybridized carbons (Fsp3) is 0.458. The van der Waals surface area contributed by atoms with Crippen molar-refractivity contribution in [3.05, 3.63) is 54.1 Å². The first-order valence-electron chi connectivity index (χ1n) is 11.9. The van der Waals surface area contributed by atoms with Gasteiger partial charge in [-0.3, -0.25) is 4.79 Å². The summed E-state index contributed by atoms with van der Waals surface area (Å²) in [6.07, 6.45) is 0. The van der Waals surface area contributed by atoms with E-state index in [0.29, 0.717) is 39.3 Å². The number of carbonyl (C=O) groups is 1. The van der Waals surface area contributed by atoms with Crippen molar-refractivity contribution in [3.8, 4) is 5.75 Å². The van der Waals surface area contributed by atoms with Gasteiger partial charge in [0, 0.05) is 57.1 Å². The normalized spacial score (nSPS) is 15.2. The first-order valence-corrected chi connectivity index (χ1v) is 14.9. The second kappa shape index (κ2) is 12.0. The second-order valence-corrected chi connectivity index (χ2v) is 12.3. The van der Waals surface area contributed by atoms with Crippen LogP contribution in [-0.2, 0) is 20.0 Å². The molecule has 3 rings (SSSR count). The van der Waals surface area contributed by atoms with E-state index in [4.69, 9.17) is 4.74 Å². The molecule has 0 unspecified atom stereocenters. The lowest BCUT2D eigenvalue weighted by atomic mass is 10.2. The van der Waals surface area contributed by atoms with E-state index in [1.54, 1.807) is 21.0 Å². The molecular formula is C24H34N4O6S2. The van der Waals surface area contributed by atoms with Gasteiger partial charge in [-0.05, 0) is 48.5 Å². The molecule has 0 saturated carbocycles. The van der Waals surface area contributed by atoms with Gasteiger partial charge in [0.25, 0.3) is 5.91 Å². The first-order chi connectivity index (χ1) is 17.1. The summed E-state index contributed by atoms with van der Waals surface area (Å²) in [5.41, 5.74) is 1.27. The summed E-state index contributed by atoms with van der Waals surface area (Å²) in [7, 11) is -5.53. The number of nitrogens with zero attached hydrogens (tertiary/aromatic N) is 3. The zero-order valence-corrected chi connectivity index (χ0v) is 22.5. The predicted molar refractivity (Wildman–Crippen MR) is 139 cm³/mol. The van der Waals surface area contributed by atoms with Crippen molar-refractivity contribution in [1.29, 1.82) is 0 Å². The van der Waals surface area contributed by atoms with E-state index >= 15 is 0 Å². The molecule has 1 heterocycles. The third-order valence-electron chi connectivity index (χ3n) is 6.17. The maximum atomic E-state index is 12.8. The SMILES string of the molecule is CCN(CC)S(=O)(=O)c1ccc(C(=O)NCCS(=O)(=O)N2CCN(c3ccc(OC)cc3)CC2)cc1. The smallest absolute Gasteiger partial charge is 0.251 e. The van der Waals surface area contributed by atoms with Crippen LogP contribution in [0.15, 0.2) is 53.4 Å². The number of rotatable bonds is 11. The Morgan fingerprint density at radius 1 is 0.917 bits per heavy atom. The predicted octanol–water partition coefficient (Wildman–Crippen LogP) is 1.61. The van der Waals surface area contributed by atoms with E-state index in [0.717, 1.165) is 11.4 Å². The highest BCUT2D eigenvalue weighted by Gasteiger charge is 2.27. The quantitative estimate of drug-likeness (QED) is 0.462. The van der Waals surface area contributed by atoms with E-state index in [9.17, 15) is 21.6 Å². The van der Waals surface area contributed by atoms with Crippen LogP contribution in [0.3, 0.4) is 0 Å². The molecule has 12 heteroatoms. The molecule has 1 N–H and O–H groups in total. The van der Waals surface area contributed by atoms with Crippen LogP contribution in [0.2, 0.25) is 0 Å². The summed E-state index contributed by atoms with van der Waals surface area (Å²) in [4.78, 5) is 14.7. The van der Waals surface area contributed by atoms with Crippen LogP contribution in [0.1, 0.15) is 24.2 Å². The standard InChI is InChI=1S/C24H34N4O6S2/c1-4-27(5-2)36(32,33)23-12-6-20(7-13-23)24(29)25-14-19-35(30,31)28-17-15-26(16-18-28)21-8-10-22(34-3)11-9-21/h6-13H,4-5,14-19H2,1-3H3,(H,25,29). The summed E-state index contributed by atoms with van der Waals surface area (Å²) in [5.74, 6) is 0.0966. The first kappa shape index (κ1) is 27.9. The maximum absolute atomic E-state index is 12.8. The van der Waals surface area contributed by atoms with Crippen molar-refractivity contribution in [3.63, 3.8) is 0 Å². The highest BCUT2D eigenvalue weighted by molar-refractivity contribution is 7.89. The Kier molecular flexibility index (Phi) is 9.34. The molecule has 1 aliphatic rings. The Labute approximate surface area is 213 Å². The number of sulfonamides is 2. The molecule has 0 spiro atoms. The molecule has 2 aromatic rings. The van der Waals surface area contributed by atoms with Gasteiger partial charge in [0.05, 0.1) is 17.8 Å². The summed E-state index contributed by atoms with van der Waals surface area (Å²) >= 11 is 0. The van der Waals surface area contributed by atoms with Crippen LogP contribution >= 0.6 is 0 Å². The molecular weight excluding hydrogens is 504 g/mol. The number of amides is 1. The molecule has 36 heavy (non-hydrogen) atoms. The largest absolute Gasteiger partial charge is 0.497 e. The topological polar surface area (TPSA) is 116 Å². The number of anilines is 1. The Balaban J connectivity index is 1.50. The van der Waals surface area contributed by atoms with Gasteiger partial charge >= 0.3 is 0 Å². The van der Waals surface area contributed by atoms with E-state index in [-0.39, 0.29) is 22.8 Å². The van der Waals surface area contributed by atoms with Crippen LogP contribution in [0.4, 0.5) is 5.69 Å². The van der Waals surface area contributed by atoms with Crippen LogP contribution < -0.4 is 15.0 Å². The van der Waals surface area contributed by atoms with Gasteiger partial charge in [-0.1, -0.05) is 13.8 Å². The summed E-state index contributed by atoms with van der Waals surface area (Å²) in [6, 6.07) is 13.3. The number of nitrogens with one attached hydrogen (secondary N) is 1. The minimum atomic E-state index is -3.61. The minimum Gasteiger partial charge on any atom is -0.497 e. The lowest BCUT2D eigenvalue weighted by molar-refractivity contribution is 0.0956. The molecule has 1 aliphatic heterocycles. The summed E-state index contributed by atoms with van der Waals surface area (Å²) in [5, 5.41) is 2.62. The Morgan fingerprint density at radius 3 is 2.03 bits per heavy atom. The number of hydrogen-bond donors (Lipinski definition) is 1. The fourth-order valence-electron chi connectivity index (χ4n) is 4.03. The molecule has 0 aromatic heterocycles. The second-order valence-electron chi connectivity index (χ2n) is 8.27. The van der Waals surface area contributed by atoms with Crippen LogP contribution in [0, 0.1) is 0 Å². The van der Waals surface area contributed by atoms with Gasteiger partial charge in [-0.15, -0.1) is 0 Å². The van der Waals surface area contributed by atoms with Gasteiger partial charge in [0.2, 0.25) is 20.0 Å². The van der Waals surface area contributed by atoms with Gasteiger partial charge in [0.15, 0.2) is 0 Å². The molecule has 0 aliphatic carbocycles. The zero-order chi connectivity index (χ0) is 26.3. The number of benzene rings is 2. The minimum absolute atomic E-state index is 0.0423. The molecule has 198 valence electrons. The lowest BCUT2D eigenvalue weighted by Crippen LogP contribution is -2.50. The van der Waals surface area contributed by atoms with Crippen molar-refractivity contribution in [2.45, 2.75) is 18.7 Å². The van der Waals surface area contributed by atoms with E-state index in [1.807, 2.05) is 24.3 Å². The average Bonchev–Trinajstić information content (AvgIpc) is 2.89. The molecule has 1 amide bonds. The van der Waals surface area contributed by atoms with Gasteiger partial charge < -0.3 is 15.0 Å². The highest BCUT2D eigenvalue weighted by atomic mass is 32.2. The third-order valence-corrected chi connectivity index (χ3v) is 10.1. The molecule has 10 nitrogen and oxygen atoms in total. The Bertz CT molecular complexity index is 1220. The maximum Gasteiger partial charge on any atom is 0.251 e. The van der Waals surface area contributed by atoms with Crippen molar-refractivity contribution in [2.75, 3.05) is 63.6 Å². The van der Waals surface area contributed by atoms with Crippen LogP contribution in [0.25, 0.3) is 0 Å². The van der Waals surface area contributed by atoms with Gasteiger partial charge in [-0.25, -0.2) is 16.8 Å². The van der Waals surface area contributed by atoms with E-state index in [1.165, 1.54) is 32.9 Å². The fourth-order valence-corrected chi connectivity index (χ4v) is 6.83. The Morgan fingerprint density at radius 2 is 1.50 bits per heavy atom. The van der Waals surface area contributed by atoms with E-state index < -0.39 is 26.0 Å². The van der Waals surface area contributed by atoms with Crippen molar-refractivity contribution >= 4 is 31.6 Å². The third kappa shape index (κ3) is 6.55. The summed E-state index contributed by atoms with van der Waals surface area (Å²) in [6.45, 7) is 6.06. The number of methoxy groups -OCH3 is 1. The van der Waals surface area contributed by atoms with Crippen molar-refractivity contribution in [2.24, 2.45) is 0 Å². The number of piperazine rings is 1. The van der Waals surface area contributed by atoms with Crippen molar-refractivity contribution < 1.29 is 26.4 Å². The Hall–Kier alpha value is -2.67. The molecule has 1 saturated heterocycles. The number of carbonyl (C=O) groups excluding carboxylic acids is 1. The highest BCUT2D eigenvalue weighted by Crippen LogP contribution is 2.21.